The summed E-state index contributed by atoms with van der Waals surface area (Å²) in [4.78, 5) is 10.0. The van der Waals surface area contributed by atoms with Crippen molar-refractivity contribution in [1.29, 1.82) is 0 Å². The molecule has 2 aromatic rings. The summed E-state index contributed by atoms with van der Waals surface area (Å²) in [7, 11) is 2.08. The maximum Gasteiger partial charge on any atom is 0.193 e. The molecule has 6 heteroatoms. The Balaban J connectivity index is 0.00000288. The maximum atomic E-state index is 13.2. The molecule has 2 N–H and O–H groups in total. The highest BCUT2D eigenvalue weighted by Gasteiger charge is 2.06. The van der Waals surface area contributed by atoms with Gasteiger partial charge in [-0.2, -0.15) is 0 Å². The molecular weight excluding hydrogens is 418 g/mol. The largest absolute Gasteiger partial charge is 0.361 e. The molecule has 0 aliphatic rings. The number of fused-ring (bicyclic) bond motifs is 1. The molecule has 0 radical (unpaired) electrons. The van der Waals surface area contributed by atoms with Crippen molar-refractivity contribution in [1.82, 2.24) is 15.2 Å². The molecule has 0 atom stereocenters. The van der Waals surface area contributed by atoms with Crippen LogP contribution in [-0.2, 0) is 6.42 Å². The van der Waals surface area contributed by atoms with Crippen LogP contribution in [0.2, 0.25) is 0 Å². The first kappa shape index (κ1) is 20.7. The molecule has 0 saturated carbocycles. The molecule has 0 bridgehead atoms. The molecule has 0 spiro atoms. The van der Waals surface area contributed by atoms with Crippen LogP contribution in [0.1, 0.15) is 32.3 Å². The average molecular weight is 446 g/mol. The third kappa shape index (κ3) is 5.65. The number of nitrogens with zero attached hydrogens (tertiary/aromatic N) is 2. The minimum absolute atomic E-state index is 0. The fourth-order valence-electron chi connectivity index (χ4n) is 2.62. The number of benzene rings is 1. The summed E-state index contributed by atoms with van der Waals surface area (Å²) in [5, 5.41) is 4.41. The quantitative estimate of drug-likeness (QED) is 0.381. The third-order valence-electron chi connectivity index (χ3n) is 3.92. The number of halogens is 2. The Morgan fingerprint density at radius 2 is 2.12 bits per heavy atom. The van der Waals surface area contributed by atoms with E-state index in [4.69, 9.17) is 4.99 Å². The van der Waals surface area contributed by atoms with Crippen LogP contribution in [0, 0.1) is 5.82 Å². The summed E-state index contributed by atoms with van der Waals surface area (Å²) < 4.78 is 13.2. The minimum atomic E-state index is -0.212. The average Bonchev–Trinajstić information content (AvgIpc) is 2.94. The highest BCUT2D eigenvalue weighted by atomic mass is 127. The van der Waals surface area contributed by atoms with Gasteiger partial charge in [-0.25, -0.2) is 4.39 Å². The Morgan fingerprint density at radius 3 is 2.83 bits per heavy atom. The van der Waals surface area contributed by atoms with Gasteiger partial charge < -0.3 is 15.2 Å². The zero-order chi connectivity index (χ0) is 16.7. The molecule has 0 unspecified atom stereocenters. The molecule has 0 aliphatic carbocycles. The maximum absolute atomic E-state index is 13.2. The van der Waals surface area contributed by atoms with E-state index in [1.54, 1.807) is 0 Å². The summed E-state index contributed by atoms with van der Waals surface area (Å²) in [5.74, 6) is 0.739. The molecule has 134 valence electrons. The molecule has 2 rings (SSSR count). The van der Waals surface area contributed by atoms with E-state index in [0.29, 0.717) is 6.54 Å². The highest BCUT2D eigenvalue weighted by Crippen LogP contribution is 2.19. The van der Waals surface area contributed by atoms with Crippen LogP contribution in [0.3, 0.4) is 0 Å². The van der Waals surface area contributed by atoms with Crippen molar-refractivity contribution >= 4 is 40.8 Å². The van der Waals surface area contributed by atoms with Crippen LogP contribution >= 0.6 is 24.0 Å². The Hall–Kier alpha value is -1.31. The van der Waals surface area contributed by atoms with Gasteiger partial charge in [-0.1, -0.05) is 13.3 Å². The van der Waals surface area contributed by atoms with Crippen molar-refractivity contribution in [3.8, 4) is 0 Å². The number of hydrogen-bond acceptors (Lipinski definition) is 1. The summed E-state index contributed by atoms with van der Waals surface area (Å²) in [6.07, 6.45) is 5.13. The van der Waals surface area contributed by atoms with Crippen LogP contribution in [-0.4, -0.2) is 42.5 Å². The number of unbranched alkanes of at least 4 members (excludes halogenated alkanes) is 1. The normalized spacial score (nSPS) is 11.4. The second-order valence-corrected chi connectivity index (χ2v) is 5.76. The Kier molecular flexibility index (Phi) is 9.10. The van der Waals surface area contributed by atoms with Crippen molar-refractivity contribution in [3.63, 3.8) is 0 Å². The van der Waals surface area contributed by atoms with Crippen molar-refractivity contribution in [2.75, 3.05) is 26.7 Å². The van der Waals surface area contributed by atoms with Gasteiger partial charge in [0, 0.05) is 43.8 Å². The molecule has 1 aromatic heterocycles. The predicted molar refractivity (Wildman–Crippen MR) is 111 cm³/mol. The summed E-state index contributed by atoms with van der Waals surface area (Å²) in [6, 6.07) is 4.87. The molecule has 1 heterocycles. The number of aromatic nitrogens is 1. The standard InChI is InChI=1S/C18H27FN4.HI/c1-4-6-11-23(3)18(20-5-2)21-10-9-14-13-22-17-12-15(19)7-8-16(14)17;/h7-8,12-13,22H,4-6,9-11H2,1-3H3,(H,20,21);1H. The van der Waals surface area contributed by atoms with E-state index >= 15 is 0 Å². The molecular formula is C18H28FIN4. The first-order valence-electron chi connectivity index (χ1n) is 8.40. The first-order valence-corrected chi connectivity index (χ1v) is 8.40. The van der Waals surface area contributed by atoms with Gasteiger partial charge in [-0.3, -0.25) is 4.99 Å². The van der Waals surface area contributed by atoms with E-state index in [9.17, 15) is 4.39 Å². The Morgan fingerprint density at radius 1 is 1.33 bits per heavy atom. The van der Waals surface area contributed by atoms with Gasteiger partial charge in [0.1, 0.15) is 5.82 Å². The van der Waals surface area contributed by atoms with Gasteiger partial charge in [-0.15, -0.1) is 24.0 Å². The smallest absolute Gasteiger partial charge is 0.193 e. The second kappa shape index (κ2) is 10.5. The van der Waals surface area contributed by atoms with Crippen molar-refractivity contribution < 1.29 is 4.39 Å². The van der Waals surface area contributed by atoms with Gasteiger partial charge >= 0.3 is 0 Å². The van der Waals surface area contributed by atoms with E-state index in [2.05, 4.69) is 36.1 Å². The zero-order valence-corrected chi connectivity index (χ0v) is 17.1. The van der Waals surface area contributed by atoms with Crippen LogP contribution in [0.4, 0.5) is 4.39 Å². The molecule has 1 aromatic carbocycles. The molecule has 0 amide bonds. The lowest BCUT2D eigenvalue weighted by molar-refractivity contribution is 0.465. The number of rotatable bonds is 7. The second-order valence-electron chi connectivity index (χ2n) is 5.76. The minimum Gasteiger partial charge on any atom is -0.361 e. The lowest BCUT2D eigenvalue weighted by Gasteiger charge is -2.21. The number of aliphatic imine (C=N–C) groups is 1. The topological polar surface area (TPSA) is 43.4 Å². The van der Waals surface area contributed by atoms with Gasteiger partial charge in [0.2, 0.25) is 0 Å². The molecule has 0 aliphatic heterocycles. The van der Waals surface area contributed by atoms with Crippen molar-refractivity contribution in [2.45, 2.75) is 33.1 Å². The lowest BCUT2D eigenvalue weighted by atomic mass is 10.1. The van der Waals surface area contributed by atoms with Gasteiger partial charge in [0.05, 0.1) is 0 Å². The van der Waals surface area contributed by atoms with E-state index in [1.165, 1.54) is 24.1 Å². The van der Waals surface area contributed by atoms with Crippen LogP contribution in [0.15, 0.2) is 29.4 Å². The number of nitrogens with one attached hydrogen (secondary N) is 2. The van der Waals surface area contributed by atoms with Crippen molar-refractivity contribution in [2.24, 2.45) is 4.99 Å². The Labute approximate surface area is 160 Å². The van der Waals surface area contributed by atoms with E-state index < -0.39 is 0 Å². The summed E-state index contributed by atoms with van der Waals surface area (Å²) in [5.41, 5.74) is 2.02. The summed E-state index contributed by atoms with van der Waals surface area (Å²) in [6.45, 7) is 6.86. The zero-order valence-electron chi connectivity index (χ0n) is 14.7. The molecule has 0 fully saturated rings. The molecule has 4 nitrogen and oxygen atoms in total. The summed E-state index contributed by atoms with van der Waals surface area (Å²) >= 11 is 0. The predicted octanol–water partition coefficient (Wildman–Crippen LogP) is 4.16. The van der Waals surface area contributed by atoms with E-state index in [-0.39, 0.29) is 29.8 Å². The van der Waals surface area contributed by atoms with Gasteiger partial charge in [-0.05, 0) is 43.5 Å². The number of H-pyrrole nitrogens is 1. The lowest BCUT2D eigenvalue weighted by Crippen LogP contribution is -2.39. The number of aromatic amines is 1. The fourth-order valence-corrected chi connectivity index (χ4v) is 2.62. The van der Waals surface area contributed by atoms with E-state index in [0.717, 1.165) is 42.8 Å². The van der Waals surface area contributed by atoms with Gasteiger partial charge in [0.25, 0.3) is 0 Å². The van der Waals surface area contributed by atoms with Crippen molar-refractivity contribution in [3.05, 3.63) is 35.8 Å². The van der Waals surface area contributed by atoms with Crippen LogP contribution in [0.5, 0.6) is 0 Å². The fraction of sp³-hybridized carbons (Fsp3) is 0.500. The van der Waals surface area contributed by atoms with Crippen LogP contribution in [0.25, 0.3) is 10.9 Å². The molecule has 0 saturated heterocycles. The molecule has 24 heavy (non-hydrogen) atoms. The SMILES string of the molecule is CCCCN(C)C(=NCCc1c[nH]c2cc(F)ccc12)NCC.I. The van der Waals surface area contributed by atoms with E-state index in [1.807, 2.05) is 12.3 Å². The van der Waals surface area contributed by atoms with Crippen LogP contribution < -0.4 is 5.32 Å². The third-order valence-corrected chi connectivity index (χ3v) is 3.92. The monoisotopic (exact) mass is 446 g/mol. The number of hydrogen-bond donors (Lipinski definition) is 2. The van der Waals surface area contributed by atoms with Gasteiger partial charge in [0.15, 0.2) is 5.96 Å². The first-order chi connectivity index (χ1) is 11.2. The number of guanidine groups is 1. The Bertz CT molecular complexity index is 654. The highest BCUT2D eigenvalue weighted by molar-refractivity contribution is 14.0.